The zero-order valence-electron chi connectivity index (χ0n) is 11.6. The first-order valence-corrected chi connectivity index (χ1v) is 6.51. The van der Waals surface area contributed by atoms with Crippen LogP contribution in [0.4, 0.5) is 13.2 Å². The zero-order valence-corrected chi connectivity index (χ0v) is 11.6. The van der Waals surface area contributed by atoms with Crippen molar-refractivity contribution in [3.63, 3.8) is 0 Å². The van der Waals surface area contributed by atoms with Gasteiger partial charge in [0.15, 0.2) is 0 Å². The lowest BCUT2D eigenvalue weighted by Crippen LogP contribution is -2.06. The molecule has 0 bridgehead atoms. The number of benzene rings is 2. The number of nitrogens with one attached hydrogen (secondary N) is 1. The minimum absolute atomic E-state index is 0.237. The third-order valence-electron chi connectivity index (χ3n) is 2.97. The molecule has 2 rings (SSSR count). The maximum Gasteiger partial charge on any atom is 0.416 e. The van der Waals surface area contributed by atoms with E-state index >= 15 is 0 Å². The average molecular weight is 295 g/mol. The maximum absolute atomic E-state index is 12.5. The highest BCUT2D eigenvalue weighted by atomic mass is 19.4. The summed E-state index contributed by atoms with van der Waals surface area (Å²) >= 11 is 0. The first kappa shape index (κ1) is 15.4. The van der Waals surface area contributed by atoms with E-state index in [1.54, 1.807) is 0 Å². The Morgan fingerprint density at radius 2 is 1.71 bits per heavy atom. The molecule has 0 radical (unpaired) electrons. The molecular weight excluding hydrogens is 279 g/mol. The van der Waals surface area contributed by atoms with Gasteiger partial charge < -0.3 is 10.1 Å². The fourth-order valence-electron chi connectivity index (χ4n) is 1.91. The molecule has 0 amide bonds. The molecule has 0 saturated carbocycles. The molecule has 21 heavy (non-hydrogen) atoms. The quantitative estimate of drug-likeness (QED) is 0.900. The third-order valence-corrected chi connectivity index (χ3v) is 2.97. The third kappa shape index (κ3) is 4.49. The summed E-state index contributed by atoms with van der Waals surface area (Å²) in [6, 6.07) is 12.6. The van der Waals surface area contributed by atoms with Crippen LogP contribution >= 0.6 is 0 Å². The second-order valence-corrected chi connectivity index (χ2v) is 4.66. The molecule has 2 aromatic carbocycles. The van der Waals surface area contributed by atoms with E-state index in [4.69, 9.17) is 4.74 Å². The highest BCUT2D eigenvalue weighted by molar-refractivity contribution is 5.29. The number of hydrogen-bond acceptors (Lipinski definition) is 2. The van der Waals surface area contributed by atoms with Gasteiger partial charge in [0.25, 0.3) is 0 Å². The molecule has 0 spiro atoms. The van der Waals surface area contributed by atoms with E-state index in [-0.39, 0.29) is 6.61 Å². The number of hydrogen-bond donors (Lipinski definition) is 1. The van der Waals surface area contributed by atoms with E-state index in [1.807, 2.05) is 31.3 Å². The first-order valence-electron chi connectivity index (χ1n) is 6.51. The Hall–Kier alpha value is -2.01. The van der Waals surface area contributed by atoms with Crippen LogP contribution in [0.3, 0.4) is 0 Å². The van der Waals surface area contributed by atoms with Gasteiger partial charge in [-0.1, -0.05) is 24.3 Å². The Morgan fingerprint density at radius 1 is 1.00 bits per heavy atom. The molecule has 0 saturated heterocycles. The molecule has 1 N–H and O–H groups in total. The van der Waals surface area contributed by atoms with Crippen LogP contribution in [0.15, 0.2) is 48.5 Å². The molecule has 0 unspecified atom stereocenters. The van der Waals surface area contributed by atoms with Gasteiger partial charge in [-0.05, 0) is 42.4 Å². The predicted molar refractivity (Wildman–Crippen MR) is 75.0 cm³/mol. The average Bonchev–Trinajstić information content (AvgIpc) is 2.45. The summed E-state index contributed by atoms with van der Waals surface area (Å²) < 4.78 is 42.9. The van der Waals surface area contributed by atoms with E-state index in [2.05, 4.69) is 5.32 Å². The summed E-state index contributed by atoms with van der Waals surface area (Å²) in [5.41, 5.74) is 1.13. The SMILES string of the molecule is CNCc1cccc(OCc2ccc(C(F)(F)F)cc2)c1. The largest absolute Gasteiger partial charge is 0.489 e. The fraction of sp³-hybridized carbons (Fsp3) is 0.250. The molecule has 0 aliphatic heterocycles. The van der Waals surface area contributed by atoms with Crippen LogP contribution in [0.1, 0.15) is 16.7 Å². The number of rotatable bonds is 5. The minimum Gasteiger partial charge on any atom is -0.489 e. The molecule has 0 aromatic heterocycles. The number of halogens is 3. The van der Waals surface area contributed by atoms with Gasteiger partial charge in [-0.3, -0.25) is 0 Å². The highest BCUT2D eigenvalue weighted by Gasteiger charge is 2.29. The Kier molecular flexibility index (Phi) is 4.85. The van der Waals surface area contributed by atoms with Crippen molar-refractivity contribution in [1.29, 1.82) is 0 Å². The zero-order chi connectivity index (χ0) is 15.3. The van der Waals surface area contributed by atoms with Crippen molar-refractivity contribution in [3.05, 3.63) is 65.2 Å². The van der Waals surface area contributed by atoms with Crippen molar-refractivity contribution >= 4 is 0 Å². The van der Waals surface area contributed by atoms with Crippen LogP contribution in [-0.2, 0) is 19.3 Å². The lowest BCUT2D eigenvalue weighted by molar-refractivity contribution is -0.137. The summed E-state index contributed by atoms with van der Waals surface area (Å²) in [4.78, 5) is 0. The molecule has 0 heterocycles. The monoisotopic (exact) mass is 295 g/mol. The van der Waals surface area contributed by atoms with Crippen molar-refractivity contribution in [2.24, 2.45) is 0 Å². The molecule has 0 aliphatic rings. The topological polar surface area (TPSA) is 21.3 Å². The van der Waals surface area contributed by atoms with Gasteiger partial charge >= 0.3 is 6.18 Å². The van der Waals surface area contributed by atoms with Gasteiger partial charge in [-0.25, -0.2) is 0 Å². The number of ether oxygens (including phenoxy) is 1. The smallest absolute Gasteiger partial charge is 0.416 e. The van der Waals surface area contributed by atoms with Crippen LogP contribution in [0.5, 0.6) is 5.75 Å². The first-order chi connectivity index (χ1) is 9.99. The van der Waals surface area contributed by atoms with Crippen LogP contribution in [-0.4, -0.2) is 7.05 Å². The summed E-state index contributed by atoms with van der Waals surface area (Å²) in [6.45, 7) is 0.971. The molecule has 112 valence electrons. The minimum atomic E-state index is -4.30. The molecule has 2 aromatic rings. The molecular formula is C16H16F3NO. The normalized spacial score (nSPS) is 11.4. The van der Waals surface area contributed by atoms with Crippen molar-refractivity contribution in [2.45, 2.75) is 19.3 Å². The lowest BCUT2D eigenvalue weighted by atomic mass is 10.1. The Balaban J connectivity index is 1.98. The van der Waals surface area contributed by atoms with Crippen LogP contribution in [0.2, 0.25) is 0 Å². The molecule has 0 aliphatic carbocycles. The van der Waals surface area contributed by atoms with E-state index in [9.17, 15) is 13.2 Å². The van der Waals surface area contributed by atoms with Gasteiger partial charge in [-0.2, -0.15) is 13.2 Å². The summed E-state index contributed by atoms with van der Waals surface area (Å²) in [7, 11) is 1.86. The van der Waals surface area contributed by atoms with Gasteiger partial charge in [0.2, 0.25) is 0 Å². The van der Waals surface area contributed by atoms with Gasteiger partial charge in [0.1, 0.15) is 12.4 Å². The molecule has 5 heteroatoms. The van der Waals surface area contributed by atoms with Gasteiger partial charge in [0, 0.05) is 6.54 Å². The second-order valence-electron chi connectivity index (χ2n) is 4.66. The van der Waals surface area contributed by atoms with Crippen LogP contribution in [0, 0.1) is 0 Å². The van der Waals surface area contributed by atoms with E-state index < -0.39 is 11.7 Å². The van der Waals surface area contributed by atoms with Crippen molar-refractivity contribution in [1.82, 2.24) is 5.32 Å². The van der Waals surface area contributed by atoms with Gasteiger partial charge in [0.05, 0.1) is 5.56 Å². The van der Waals surface area contributed by atoms with Crippen molar-refractivity contribution < 1.29 is 17.9 Å². The summed E-state index contributed by atoms with van der Waals surface area (Å²) in [5.74, 6) is 0.697. The Morgan fingerprint density at radius 3 is 2.33 bits per heavy atom. The Labute approximate surface area is 121 Å². The fourth-order valence-corrected chi connectivity index (χ4v) is 1.91. The maximum atomic E-state index is 12.5. The summed E-state index contributed by atoms with van der Waals surface area (Å²) in [5, 5.41) is 3.04. The van der Waals surface area contributed by atoms with E-state index in [0.717, 1.165) is 24.2 Å². The van der Waals surface area contributed by atoms with Crippen molar-refractivity contribution in [2.75, 3.05) is 7.05 Å². The lowest BCUT2D eigenvalue weighted by Gasteiger charge is -2.10. The van der Waals surface area contributed by atoms with E-state index in [1.165, 1.54) is 12.1 Å². The standard InChI is InChI=1S/C16H16F3NO/c1-20-10-13-3-2-4-15(9-13)21-11-12-5-7-14(8-6-12)16(17,18)19/h2-9,20H,10-11H2,1H3. The molecule has 0 atom stereocenters. The predicted octanol–water partition coefficient (Wildman–Crippen LogP) is 4.00. The van der Waals surface area contributed by atoms with Gasteiger partial charge in [-0.15, -0.1) is 0 Å². The highest BCUT2D eigenvalue weighted by Crippen LogP contribution is 2.29. The van der Waals surface area contributed by atoms with E-state index in [0.29, 0.717) is 11.3 Å². The molecule has 0 fully saturated rings. The summed E-state index contributed by atoms with van der Waals surface area (Å²) in [6.07, 6.45) is -4.30. The Bertz CT molecular complexity index is 579. The van der Waals surface area contributed by atoms with Crippen molar-refractivity contribution in [3.8, 4) is 5.75 Å². The second kappa shape index (κ2) is 6.63. The van der Waals surface area contributed by atoms with Crippen LogP contribution in [0.25, 0.3) is 0 Å². The molecule has 2 nitrogen and oxygen atoms in total. The van der Waals surface area contributed by atoms with Crippen LogP contribution < -0.4 is 10.1 Å². The number of alkyl halides is 3.